The summed E-state index contributed by atoms with van der Waals surface area (Å²) < 4.78 is 68.9. The first-order chi connectivity index (χ1) is 19.4. The summed E-state index contributed by atoms with van der Waals surface area (Å²) in [5, 5.41) is 7.25. The minimum absolute atomic E-state index is 0.0963. The Hall–Kier alpha value is -2.79. The zero-order valence-corrected chi connectivity index (χ0v) is 24.0. The van der Waals surface area contributed by atoms with Crippen molar-refractivity contribution in [2.75, 3.05) is 23.3 Å². The van der Waals surface area contributed by atoms with E-state index in [4.69, 9.17) is 34.8 Å². The Morgan fingerprint density at radius 1 is 0.976 bits per heavy atom. The molecule has 0 spiro atoms. The summed E-state index contributed by atoms with van der Waals surface area (Å²) in [5.41, 5.74) is 3.25. The first-order valence-corrected chi connectivity index (χ1v) is 13.9. The number of aromatic nitrogens is 2. The van der Waals surface area contributed by atoms with Gasteiger partial charge >= 0.3 is 6.18 Å². The van der Waals surface area contributed by atoms with Gasteiger partial charge in [0.1, 0.15) is 11.6 Å². The lowest BCUT2D eigenvalue weighted by atomic mass is 9.97. The van der Waals surface area contributed by atoms with Crippen molar-refractivity contribution in [2.45, 2.75) is 32.1 Å². The second-order valence-corrected chi connectivity index (χ2v) is 11.2. The van der Waals surface area contributed by atoms with Crippen LogP contribution in [0.15, 0.2) is 42.5 Å². The molecule has 1 aromatic heterocycles. The van der Waals surface area contributed by atoms with E-state index < -0.39 is 23.7 Å². The third kappa shape index (κ3) is 6.51. The fourth-order valence-corrected chi connectivity index (χ4v) is 5.84. The highest BCUT2D eigenvalue weighted by Gasteiger charge is 2.42. The lowest BCUT2D eigenvalue weighted by Crippen LogP contribution is -2.41. The molecule has 1 atom stereocenters. The molecule has 4 aromatic rings. The van der Waals surface area contributed by atoms with E-state index >= 15 is 0 Å². The number of hydrogen-bond acceptors (Lipinski definition) is 4. The van der Waals surface area contributed by atoms with Crippen molar-refractivity contribution in [3.63, 3.8) is 0 Å². The highest BCUT2D eigenvalue weighted by molar-refractivity contribution is 6.39. The molecule has 1 aliphatic rings. The minimum atomic E-state index is -4.27. The third-order valence-electron chi connectivity index (χ3n) is 7.15. The summed E-state index contributed by atoms with van der Waals surface area (Å²) in [5.74, 6) is -2.33. The van der Waals surface area contributed by atoms with E-state index in [0.29, 0.717) is 74.1 Å². The molecule has 0 aliphatic carbocycles. The number of nitrogens with zero attached hydrogens (tertiary/aromatic N) is 3. The number of halogens is 8. The van der Waals surface area contributed by atoms with Gasteiger partial charge in [0.15, 0.2) is 0 Å². The molecule has 0 radical (unpaired) electrons. The van der Waals surface area contributed by atoms with E-state index in [2.05, 4.69) is 15.6 Å². The molecular weight excluding hydrogens is 608 g/mol. The lowest BCUT2D eigenvalue weighted by Gasteiger charge is -2.35. The van der Waals surface area contributed by atoms with Gasteiger partial charge in [-0.1, -0.05) is 40.9 Å². The molecule has 0 saturated carbocycles. The van der Waals surface area contributed by atoms with Crippen molar-refractivity contribution in [1.82, 2.24) is 14.9 Å². The lowest BCUT2D eigenvalue weighted by molar-refractivity contribution is -0.175. The first kappa shape index (κ1) is 29.7. The van der Waals surface area contributed by atoms with Gasteiger partial charge in [-0.25, -0.2) is 13.8 Å². The van der Waals surface area contributed by atoms with Crippen molar-refractivity contribution in [3.05, 3.63) is 80.3 Å². The maximum absolute atomic E-state index is 13.5. The molecule has 1 aliphatic heterocycles. The molecule has 5 rings (SSSR count). The summed E-state index contributed by atoms with van der Waals surface area (Å²) in [7, 11) is 1.76. The van der Waals surface area contributed by atoms with E-state index in [9.17, 15) is 22.0 Å². The van der Waals surface area contributed by atoms with Crippen LogP contribution in [0.5, 0.6) is 0 Å². The Balaban J connectivity index is 1.37. The Bertz CT molecular complexity index is 1570. The van der Waals surface area contributed by atoms with Gasteiger partial charge in [-0.3, -0.25) is 0 Å². The van der Waals surface area contributed by atoms with Crippen LogP contribution in [0.25, 0.3) is 11.0 Å². The van der Waals surface area contributed by atoms with Crippen LogP contribution in [-0.2, 0) is 20.1 Å². The molecule has 5 nitrogen and oxygen atoms in total. The smallest absolute Gasteiger partial charge is 0.370 e. The third-order valence-corrected chi connectivity index (χ3v) is 8.20. The largest absolute Gasteiger partial charge is 0.393 e. The molecule has 1 saturated heterocycles. The summed E-state index contributed by atoms with van der Waals surface area (Å²) >= 11 is 19.7. The standard InChI is InChI=1S/C28H25Cl3F5N5/c1-40-24-11-23(41-6-2-3-17(14-41)28(34,35)36)21(30)10-22(24)38-27(40)39-26-20(29)5-4-16(25(26)31)13-37-12-15-7-18(32)9-19(33)8-15/h4-5,7-11,17,37H,2-3,6,12-14H2,1H3,(H,38,39). The highest BCUT2D eigenvalue weighted by atomic mass is 35.5. The van der Waals surface area contributed by atoms with Gasteiger partial charge in [0.2, 0.25) is 5.95 Å². The fraction of sp³-hybridized carbons (Fsp3) is 0.321. The number of rotatable bonds is 7. The van der Waals surface area contributed by atoms with Crippen molar-refractivity contribution in [2.24, 2.45) is 13.0 Å². The topological polar surface area (TPSA) is 45.1 Å². The molecule has 218 valence electrons. The van der Waals surface area contributed by atoms with E-state index in [1.165, 1.54) is 12.1 Å². The molecule has 13 heteroatoms. The molecule has 0 amide bonds. The van der Waals surface area contributed by atoms with Crippen molar-refractivity contribution >= 4 is 63.2 Å². The molecule has 3 aromatic carbocycles. The van der Waals surface area contributed by atoms with E-state index in [-0.39, 0.29) is 19.5 Å². The number of fused-ring (bicyclic) bond motifs is 1. The Morgan fingerprint density at radius 3 is 2.41 bits per heavy atom. The number of alkyl halides is 3. The quantitative estimate of drug-likeness (QED) is 0.200. The monoisotopic (exact) mass is 631 g/mol. The van der Waals surface area contributed by atoms with Gasteiger partial charge in [-0.2, -0.15) is 13.2 Å². The maximum Gasteiger partial charge on any atom is 0.393 e. The number of hydrogen-bond donors (Lipinski definition) is 2. The highest BCUT2D eigenvalue weighted by Crippen LogP contribution is 2.40. The maximum atomic E-state index is 13.5. The number of benzene rings is 3. The van der Waals surface area contributed by atoms with E-state index in [0.717, 1.165) is 6.07 Å². The average molecular weight is 633 g/mol. The minimum Gasteiger partial charge on any atom is -0.370 e. The molecule has 2 N–H and O–H groups in total. The van der Waals surface area contributed by atoms with Crippen LogP contribution in [-0.4, -0.2) is 28.8 Å². The Labute approximate surface area is 248 Å². The average Bonchev–Trinajstić information content (AvgIpc) is 3.20. The molecule has 2 heterocycles. The van der Waals surface area contributed by atoms with Crippen LogP contribution in [0.2, 0.25) is 15.1 Å². The summed E-state index contributed by atoms with van der Waals surface area (Å²) in [6.45, 7) is 0.822. The zero-order chi connectivity index (χ0) is 29.5. The summed E-state index contributed by atoms with van der Waals surface area (Å²) in [6, 6.07) is 10.1. The second kappa shape index (κ2) is 11.8. The second-order valence-electron chi connectivity index (χ2n) is 10.0. The van der Waals surface area contributed by atoms with Gasteiger partial charge in [0, 0.05) is 39.3 Å². The van der Waals surface area contributed by atoms with Crippen LogP contribution in [0.1, 0.15) is 24.0 Å². The van der Waals surface area contributed by atoms with E-state index in [1.807, 2.05) is 0 Å². The number of imidazole rings is 1. The fourth-order valence-electron chi connectivity index (χ4n) is 5.03. The summed E-state index contributed by atoms with van der Waals surface area (Å²) in [4.78, 5) is 6.28. The number of piperidine rings is 1. The predicted molar refractivity (Wildman–Crippen MR) is 153 cm³/mol. The Kier molecular flexibility index (Phi) is 8.57. The van der Waals surface area contributed by atoms with Crippen molar-refractivity contribution < 1.29 is 22.0 Å². The van der Waals surface area contributed by atoms with Crippen LogP contribution >= 0.6 is 34.8 Å². The van der Waals surface area contributed by atoms with Gasteiger partial charge in [0.05, 0.1) is 43.4 Å². The van der Waals surface area contributed by atoms with Crippen LogP contribution in [0.4, 0.5) is 39.3 Å². The van der Waals surface area contributed by atoms with Crippen LogP contribution < -0.4 is 15.5 Å². The first-order valence-electron chi connectivity index (χ1n) is 12.8. The number of nitrogens with one attached hydrogen (secondary N) is 2. The molecule has 0 bridgehead atoms. The molecular formula is C28H25Cl3F5N5. The zero-order valence-electron chi connectivity index (χ0n) is 21.7. The van der Waals surface area contributed by atoms with Crippen molar-refractivity contribution in [3.8, 4) is 0 Å². The van der Waals surface area contributed by atoms with Crippen LogP contribution in [0.3, 0.4) is 0 Å². The van der Waals surface area contributed by atoms with Crippen molar-refractivity contribution in [1.29, 1.82) is 0 Å². The van der Waals surface area contributed by atoms with Gasteiger partial charge in [-0.05, 0) is 54.3 Å². The SMILES string of the molecule is Cn1c(Nc2c(Cl)ccc(CNCc3cc(F)cc(F)c3)c2Cl)nc2cc(Cl)c(N3CCCC(C(F)(F)F)C3)cc21. The van der Waals surface area contributed by atoms with Gasteiger partial charge in [-0.15, -0.1) is 0 Å². The summed E-state index contributed by atoms with van der Waals surface area (Å²) in [6.07, 6.45) is -3.75. The van der Waals surface area contributed by atoms with Crippen LogP contribution in [0, 0.1) is 17.6 Å². The normalized spacial score (nSPS) is 16.0. The molecule has 1 fully saturated rings. The van der Waals surface area contributed by atoms with E-state index in [1.54, 1.807) is 40.8 Å². The number of anilines is 3. The van der Waals surface area contributed by atoms with Gasteiger partial charge in [0.25, 0.3) is 0 Å². The Morgan fingerprint density at radius 2 is 1.71 bits per heavy atom. The molecule has 41 heavy (non-hydrogen) atoms. The predicted octanol–water partition coefficient (Wildman–Crippen LogP) is 8.62. The molecule has 1 unspecified atom stereocenters. The number of aryl methyl sites for hydroxylation is 1. The van der Waals surface area contributed by atoms with Gasteiger partial charge < -0.3 is 20.1 Å².